The molecule has 0 aliphatic heterocycles. The Morgan fingerprint density at radius 1 is 1.25 bits per heavy atom. The number of ether oxygens (including phenoxy) is 1. The van der Waals surface area contributed by atoms with Crippen LogP contribution in [0.25, 0.3) is 0 Å². The van der Waals surface area contributed by atoms with Gasteiger partial charge in [0.15, 0.2) is 16.6 Å². The van der Waals surface area contributed by atoms with E-state index in [4.69, 9.17) is 8.85 Å². The molecule has 0 N–H and O–H groups in total. The number of hydrogen-bond donors (Lipinski definition) is 0. The van der Waals surface area contributed by atoms with Gasteiger partial charge in [-0.05, 0) is 45.2 Å². The highest BCUT2D eigenvalue weighted by molar-refractivity contribution is 6.84. The van der Waals surface area contributed by atoms with E-state index < -0.39 is 16.6 Å². The molecule has 0 rings (SSSR count). The maximum atomic E-state index is 10.8. The maximum Gasteiger partial charge on any atom is 0.330 e. The summed E-state index contributed by atoms with van der Waals surface area (Å²) in [6, 6.07) is 1.03. The molecule has 0 aliphatic rings. The van der Waals surface area contributed by atoms with Gasteiger partial charge >= 0.3 is 5.97 Å². The van der Waals surface area contributed by atoms with Gasteiger partial charge in [-0.2, -0.15) is 0 Å². The van der Waals surface area contributed by atoms with Gasteiger partial charge < -0.3 is 8.85 Å². The molecular formula is C11H24O3Si2. The van der Waals surface area contributed by atoms with Crippen LogP contribution < -0.4 is 0 Å². The largest absolute Gasteiger partial charge is 0.463 e. The third-order valence-electron chi connectivity index (χ3n) is 1.92. The van der Waals surface area contributed by atoms with Crippen molar-refractivity contribution < 1.29 is 13.6 Å². The molecule has 0 unspecified atom stereocenters. The second-order valence-electron chi connectivity index (χ2n) is 5.45. The van der Waals surface area contributed by atoms with Gasteiger partial charge in [0.2, 0.25) is 0 Å². The molecule has 0 atom stereocenters. The molecule has 0 bridgehead atoms. The molecule has 0 saturated heterocycles. The first-order chi connectivity index (χ1) is 7.16. The van der Waals surface area contributed by atoms with Crippen molar-refractivity contribution >= 4 is 22.6 Å². The summed E-state index contributed by atoms with van der Waals surface area (Å²) in [6.07, 6.45) is 2.07. The zero-order chi connectivity index (χ0) is 12.8. The average Bonchev–Trinajstić information content (AvgIpc) is 2.08. The molecule has 0 aromatic heterocycles. The quantitative estimate of drug-likeness (QED) is 0.305. The summed E-state index contributed by atoms with van der Waals surface area (Å²) in [4.78, 5) is 10.8. The number of carbonyl (C=O) groups excluding carboxylic acids is 1. The molecule has 0 aromatic rings. The zero-order valence-corrected chi connectivity index (χ0v) is 13.1. The lowest BCUT2D eigenvalue weighted by Gasteiger charge is -2.31. The van der Waals surface area contributed by atoms with Gasteiger partial charge in [-0.3, -0.25) is 0 Å². The minimum Gasteiger partial charge on any atom is -0.463 e. The molecule has 0 heterocycles. The normalized spacial score (nSPS) is 12.3. The molecule has 0 amide bonds. The summed E-state index contributed by atoms with van der Waals surface area (Å²) >= 11 is 0. The highest BCUT2D eigenvalue weighted by Crippen LogP contribution is 2.19. The molecule has 0 radical (unpaired) electrons. The fraction of sp³-hybridized carbons (Fsp3) is 0.727. The van der Waals surface area contributed by atoms with Crippen LogP contribution in [0.4, 0.5) is 0 Å². The molecule has 94 valence electrons. The SMILES string of the molecule is C=CC(=O)OCCC[Si](C)(C)O[Si](C)(C)C. The fourth-order valence-electron chi connectivity index (χ4n) is 1.61. The summed E-state index contributed by atoms with van der Waals surface area (Å²) in [7, 11) is -3.02. The number of carbonyl (C=O) groups is 1. The predicted octanol–water partition coefficient (Wildman–Crippen LogP) is 3.16. The lowest BCUT2D eigenvalue weighted by molar-refractivity contribution is -0.137. The van der Waals surface area contributed by atoms with E-state index in [0.717, 1.165) is 12.5 Å². The summed E-state index contributed by atoms with van der Waals surface area (Å²) in [6.45, 7) is 14.9. The standard InChI is InChI=1S/C11H24O3Si2/c1-7-11(12)13-9-8-10-16(5,6)14-15(2,3)4/h7H,1,8-10H2,2-6H3. The van der Waals surface area contributed by atoms with Gasteiger partial charge in [0.25, 0.3) is 0 Å². The van der Waals surface area contributed by atoms with Crippen LogP contribution in [0.15, 0.2) is 12.7 Å². The van der Waals surface area contributed by atoms with E-state index >= 15 is 0 Å². The average molecular weight is 260 g/mol. The van der Waals surface area contributed by atoms with Gasteiger partial charge in [0.05, 0.1) is 6.61 Å². The monoisotopic (exact) mass is 260 g/mol. The molecule has 5 heteroatoms. The first-order valence-corrected chi connectivity index (χ1v) is 12.2. The van der Waals surface area contributed by atoms with E-state index in [1.165, 1.54) is 6.08 Å². The van der Waals surface area contributed by atoms with E-state index in [2.05, 4.69) is 39.3 Å². The van der Waals surface area contributed by atoms with E-state index in [1.54, 1.807) is 0 Å². The van der Waals surface area contributed by atoms with Crippen LogP contribution in [0.1, 0.15) is 6.42 Å². The van der Waals surface area contributed by atoms with Crippen LogP contribution >= 0.6 is 0 Å². The minimum atomic E-state index is -1.58. The van der Waals surface area contributed by atoms with Crippen LogP contribution in [0.2, 0.25) is 38.8 Å². The van der Waals surface area contributed by atoms with Gasteiger partial charge in [0.1, 0.15) is 0 Å². The van der Waals surface area contributed by atoms with E-state index in [-0.39, 0.29) is 5.97 Å². The van der Waals surface area contributed by atoms with Crippen molar-refractivity contribution in [3.05, 3.63) is 12.7 Å². The van der Waals surface area contributed by atoms with Crippen LogP contribution in [0.3, 0.4) is 0 Å². The van der Waals surface area contributed by atoms with E-state index in [9.17, 15) is 4.79 Å². The Morgan fingerprint density at radius 2 is 1.81 bits per heavy atom. The van der Waals surface area contributed by atoms with Gasteiger partial charge in [-0.1, -0.05) is 6.58 Å². The Balaban J connectivity index is 3.82. The Hall–Kier alpha value is -0.396. The van der Waals surface area contributed by atoms with Gasteiger partial charge in [-0.15, -0.1) is 0 Å². The fourth-order valence-corrected chi connectivity index (χ4v) is 9.64. The molecule has 0 spiro atoms. The van der Waals surface area contributed by atoms with Crippen molar-refractivity contribution in [2.24, 2.45) is 0 Å². The van der Waals surface area contributed by atoms with Crippen molar-refractivity contribution in [1.29, 1.82) is 0 Å². The maximum absolute atomic E-state index is 10.8. The lowest BCUT2D eigenvalue weighted by Crippen LogP contribution is -2.42. The van der Waals surface area contributed by atoms with Crippen LogP contribution in [-0.2, 0) is 13.6 Å². The number of rotatable bonds is 7. The molecular weight excluding hydrogens is 236 g/mol. The van der Waals surface area contributed by atoms with E-state index in [1.807, 2.05) is 0 Å². The third kappa shape index (κ3) is 8.88. The summed E-state index contributed by atoms with van der Waals surface area (Å²) in [5.74, 6) is -0.342. The first-order valence-electron chi connectivity index (χ1n) is 5.66. The first kappa shape index (κ1) is 15.6. The molecule has 3 nitrogen and oxygen atoms in total. The lowest BCUT2D eigenvalue weighted by atomic mass is 10.5. The number of hydrogen-bond acceptors (Lipinski definition) is 3. The van der Waals surface area contributed by atoms with E-state index in [0.29, 0.717) is 6.61 Å². The van der Waals surface area contributed by atoms with Crippen molar-refractivity contribution in [2.45, 2.75) is 45.2 Å². The molecule has 0 aliphatic carbocycles. The highest BCUT2D eigenvalue weighted by Gasteiger charge is 2.28. The second kappa shape index (κ2) is 6.37. The topological polar surface area (TPSA) is 35.5 Å². The highest BCUT2D eigenvalue weighted by atomic mass is 28.4. The zero-order valence-electron chi connectivity index (χ0n) is 11.1. The Kier molecular flexibility index (Phi) is 6.21. The molecule has 0 aromatic carbocycles. The Morgan fingerprint density at radius 3 is 2.25 bits per heavy atom. The summed E-state index contributed by atoms with van der Waals surface area (Å²) in [5, 5.41) is 0. The summed E-state index contributed by atoms with van der Waals surface area (Å²) < 4.78 is 11.1. The molecule has 0 fully saturated rings. The minimum absolute atomic E-state index is 0.342. The predicted molar refractivity (Wildman–Crippen MR) is 72.5 cm³/mol. The molecule has 0 saturated carbocycles. The van der Waals surface area contributed by atoms with Crippen LogP contribution in [0, 0.1) is 0 Å². The molecule has 16 heavy (non-hydrogen) atoms. The van der Waals surface area contributed by atoms with Gasteiger partial charge in [0, 0.05) is 6.08 Å². The van der Waals surface area contributed by atoms with Crippen LogP contribution in [0.5, 0.6) is 0 Å². The van der Waals surface area contributed by atoms with Gasteiger partial charge in [-0.25, -0.2) is 4.79 Å². The van der Waals surface area contributed by atoms with Crippen molar-refractivity contribution in [1.82, 2.24) is 0 Å². The smallest absolute Gasteiger partial charge is 0.330 e. The van der Waals surface area contributed by atoms with Crippen molar-refractivity contribution in [3.63, 3.8) is 0 Å². The second-order valence-corrected chi connectivity index (χ2v) is 14.5. The Labute approximate surface area is 101 Å². The third-order valence-corrected chi connectivity index (χ3v) is 8.13. The van der Waals surface area contributed by atoms with Crippen LogP contribution in [-0.4, -0.2) is 29.2 Å². The Bertz CT molecular complexity index is 244. The summed E-state index contributed by atoms with van der Waals surface area (Å²) in [5.41, 5.74) is 0. The number of esters is 1. The van der Waals surface area contributed by atoms with Crippen molar-refractivity contribution in [2.75, 3.05) is 6.61 Å². The van der Waals surface area contributed by atoms with Crippen molar-refractivity contribution in [3.8, 4) is 0 Å².